The average Bonchev–Trinajstić information content (AvgIpc) is 4.09. The molecule has 2 N–H and O–H groups in total. The summed E-state index contributed by atoms with van der Waals surface area (Å²) in [5.74, 6) is 1.10. The summed E-state index contributed by atoms with van der Waals surface area (Å²) < 4.78 is 93.1. The quantitative estimate of drug-likeness (QED) is 0.134. The Morgan fingerprint density at radius 3 is 1.58 bits per heavy atom. The van der Waals surface area contributed by atoms with Crippen LogP contribution in [0.15, 0.2) is 81.7 Å². The molecule has 15 heteroatoms. The van der Waals surface area contributed by atoms with Crippen LogP contribution in [0.5, 0.6) is 11.5 Å². The van der Waals surface area contributed by atoms with Crippen LogP contribution in [-0.2, 0) is 44.3 Å². The number of benzene rings is 4. The number of fused-ring (bicyclic) bond motifs is 2. The number of aliphatic hydroxyl groups is 1. The van der Waals surface area contributed by atoms with Crippen LogP contribution in [0.1, 0.15) is 108 Å². The van der Waals surface area contributed by atoms with E-state index in [1.807, 2.05) is 43.3 Å². The van der Waals surface area contributed by atoms with Crippen LogP contribution in [0, 0.1) is 11.8 Å². The normalized spacial score (nSPS) is 22.4. The zero-order valence-corrected chi connectivity index (χ0v) is 35.2. The number of hydrogen-bond acceptors (Lipinski definition) is 7. The number of carbonyl (C=O) groups excluding carboxylic acids is 2. The third kappa shape index (κ3) is 10.5. The van der Waals surface area contributed by atoms with Crippen LogP contribution in [0.4, 0.5) is 26.3 Å². The van der Waals surface area contributed by atoms with Crippen molar-refractivity contribution in [1.29, 1.82) is 0 Å². The van der Waals surface area contributed by atoms with Gasteiger partial charge in [-0.05, 0) is 166 Å². The molecule has 0 saturated heterocycles. The SMILES string of the molecule is CCOC(=O)[C@H]1C[C@@H]1c1ccc(O)cc1.CCOC(=O)[C@H]1C[C@@H]1c1ccc(O[C@@H]2CCc3c2ccc(C(F)(F)F)c3Br)cc1.O[C@H]1CCc2c1ccc(C(F)(F)F)c2Br. The number of rotatable bonds is 8. The van der Waals surface area contributed by atoms with Crippen molar-refractivity contribution in [3.63, 3.8) is 0 Å². The number of carbonyl (C=O) groups is 2. The zero-order valence-electron chi connectivity index (χ0n) is 32.0. The van der Waals surface area contributed by atoms with Gasteiger partial charge in [0.1, 0.15) is 17.6 Å². The molecular formula is C44H42Br2F6O7. The van der Waals surface area contributed by atoms with Gasteiger partial charge in [0.15, 0.2) is 0 Å². The lowest BCUT2D eigenvalue weighted by molar-refractivity contribution is -0.145. The van der Waals surface area contributed by atoms with Crippen LogP contribution in [0.3, 0.4) is 0 Å². The molecule has 0 aliphatic heterocycles. The summed E-state index contributed by atoms with van der Waals surface area (Å²) in [4.78, 5) is 23.2. The molecule has 0 heterocycles. The highest BCUT2D eigenvalue weighted by Crippen LogP contribution is 2.50. The van der Waals surface area contributed by atoms with E-state index in [4.69, 9.17) is 19.3 Å². The van der Waals surface area contributed by atoms with Crippen LogP contribution >= 0.6 is 31.9 Å². The van der Waals surface area contributed by atoms with Crippen LogP contribution in [0.2, 0.25) is 0 Å². The molecule has 6 atom stereocenters. The fourth-order valence-corrected chi connectivity index (χ4v) is 9.22. The third-order valence-corrected chi connectivity index (χ3v) is 12.7. The number of esters is 2. The smallest absolute Gasteiger partial charge is 0.417 e. The predicted molar refractivity (Wildman–Crippen MR) is 213 cm³/mol. The largest absolute Gasteiger partial charge is 0.508 e. The summed E-state index contributed by atoms with van der Waals surface area (Å²) in [7, 11) is 0. The molecule has 316 valence electrons. The highest BCUT2D eigenvalue weighted by molar-refractivity contribution is 9.11. The molecule has 4 aliphatic carbocycles. The molecule has 0 aromatic heterocycles. The Kier molecular flexibility index (Phi) is 13.8. The molecule has 2 fully saturated rings. The molecule has 0 unspecified atom stereocenters. The van der Waals surface area contributed by atoms with E-state index < -0.39 is 29.6 Å². The fraction of sp³-hybridized carbons (Fsp3) is 0.409. The number of hydrogen-bond donors (Lipinski definition) is 2. The monoisotopic (exact) mass is 954 g/mol. The maximum atomic E-state index is 13.1. The Balaban J connectivity index is 0.000000164. The molecule has 8 rings (SSSR count). The molecule has 0 radical (unpaired) electrons. The highest BCUT2D eigenvalue weighted by atomic mass is 79.9. The second-order valence-electron chi connectivity index (χ2n) is 14.7. The first-order valence-corrected chi connectivity index (χ1v) is 20.8. The van der Waals surface area contributed by atoms with Gasteiger partial charge in [-0.3, -0.25) is 9.59 Å². The van der Waals surface area contributed by atoms with Crippen molar-refractivity contribution >= 4 is 43.8 Å². The van der Waals surface area contributed by atoms with Crippen LogP contribution < -0.4 is 4.74 Å². The van der Waals surface area contributed by atoms with Gasteiger partial charge in [0, 0.05) is 8.95 Å². The van der Waals surface area contributed by atoms with Crippen molar-refractivity contribution in [2.75, 3.05) is 13.2 Å². The predicted octanol–water partition coefficient (Wildman–Crippen LogP) is 11.7. The summed E-state index contributed by atoms with van der Waals surface area (Å²) in [5.41, 5.74) is 3.49. The minimum atomic E-state index is -4.38. The topological polar surface area (TPSA) is 102 Å². The van der Waals surface area contributed by atoms with E-state index in [1.54, 1.807) is 19.1 Å². The second-order valence-corrected chi connectivity index (χ2v) is 16.3. The number of phenolic OH excluding ortho intramolecular Hbond substituents is 1. The summed E-state index contributed by atoms with van der Waals surface area (Å²) in [6, 6.07) is 19.6. The van der Waals surface area contributed by atoms with Crippen molar-refractivity contribution in [1.82, 2.24) is 0 Å². The van der Waals surface area contributed by atoms with Gasteiger partial charge >= 0.3 is 24.3 Å². The van der Waals surface area contributed by atoms with Crippen molar-refractivity contribution in [3.05, 3.63) is 126 Å². The summed E-state index contributed by atoms with van der Waals surface area (Å²) in [5, 5.41) is 18.6. The first-order valence-electron chi connectivity index (χ1n) is 19.3. The first kappa shape index (κ1) is 44.5. The Hall–Kier alpha value is -4.08. The number of alkyl halides is 6. The molecule has 7 nitrogen and oxygen atoms in total. The molecule has 4 aliphatic rings. The van der Waals surface area contributed by atoms with Crippen molar-refractivity contribution in [3.8, 4) is 11.5 Å². The average molecular weight is 957 g/mol. The Morgan fingerprint density at radius 2 is 1.10 bits per heavy atom. The lowest BCUT2D eigenvalue weighted by atomic mass is 10.1. The van der Waals surface area contributed by atoms with E-state index in [9.17, 15) is 41.0 Å². The standard InChI is InChI=1S/C22H20BrF3O3.C12H14O3.C10H8BrF3O/c1-2-28-21(27)17-11-16(17)12-3-5-13(6-4-12)29-19-10-8-15-14(19)7-9-18(20(15)23)22(24,25)26;1-2-15-12(14)11-7-10(11)8-3-5-9(13)6-4-8;11-9-6-2-4-8(15)5(6)1-3-7(9)10(12,13)14/h3-7,9,16-17,19H,2,8,10-11H2,1H3;3-6,10-11,13H,2,7H2,1H3;1,3,8,15H,2,4H2/t16-,17+,19-;10-,11+;8-/m110/s1. The number of ether oxygens (including phenoxy) is 3. The van der Waals surface area contributed by atoms with Gasteiger partial charge in [0.05, 0.1) is 42.3 Å². The fourth-order valence-electron chi connectivity index (χ4n) is 7.65. The maximum Gasteiger partial charge on any atom is 0.417 e. The summed E-state index contributed by atoms with van der Waals surface area (Å²) in [6.45, 7) is 4.44. The summed E-state index contributed by atoms with van der Waals surface area (Å²) >= 11 is 6.09. The molecule has 4 aromatic rings. The lowest BCUT2D eigenvalue weighted by Crippen LogP contribution is -2.09. The molecule has 0 amide bonds. The number of phenols is 1. The first-order chi connectivity index (χ1) is 27.9. The Morgan fingerprint density at radius 1 is 0.661 bits per heavy atom. The minimum absolute atomic E-state index is 0.0227. The molecule has 0 bridgehead atoms. The van der Waals surface area contributed by atoms with E-state index in [0.717, 1.165) is 41.7 Å². The van der Waals surface area contributed by atoms with Gasteiger partial charge in [-0.25, -0.2) is 0 Å². The van der Waals surface area contributed by atoms with Gasteiger partial charge in [-0.15, -0.1) is 0 Å². The molecule has 59 heavy (non-hydrogen) atoms. The lowest BCUT2D eigenvalue weighted by Gasteiger charge is -2.17. The minimum Gasteiger partial charge on any atom is -0.508 e. The van der Waals surface area contributed by atoms with Crippen molar-refractivity contribution in [2.45, 2.75) is 88.8 Å². The van der Waals surface area contributed by atoms with E-state index in [0.29, 0.717) is 61.3 Å². The second kappa shape index (κ2) is 18.3. The highest BCUT2D eigenvalue weighted by Gasteiger charge is 2.46. The van der Waals surface area contributed by atoms with Gasteiger partial charge in [-0.2, -0.15) is 26.3 Å². The van der Waals surface area contributed by atoms with E-state index in [-0.39, 0.29) is 56.4 Å². The molecule has 2 saturated carbocycles. The Labute approximate surface area is 354 Å². The number of aliphatic hydroxyl groups excluding tert-OH is 1. The summed E-state index contributed by atoms with van der Waals surface area (Å²) in [6.07, 6.45) is -5.82. The zero-order chi connectivity index (χ0) is 42.8. The van der Waals surface area contributed by atoms with E-state index >= 15 is 0 Å². The molecule has 4 aromatic carbocycles. The maximum absolute atomic E-state index is 13.1. The van der Waals surface area contributed by atoms with Gasteiger partial charge < -0.3 is 24.4 Å². The molecular weight excluding hydrogens is 914 g/mol. The molecule has 0 spiro atoms. The van der Waals surface area contributed by atoms with Crippen molar-refractivity contribution in [2.24, 2.45) is 11.8 Å². The van der Waals surface area contributed by atoms with Gasteiger partial charge in [0.2, 0.25) is 0 Å². The van der Waals surface area contributed by atoms with Crippen molar-refractivity contribution < 1.29 is 60.4 Å². The van der Waals surface area contributed by atoms with Crippen LogP contribution in [-0.4, -0.2) is 35.4 Å². The number of halogens is 8. The van der Waals surface area contributed by atoms with Crippen LogP contribution in [0.25, 0.3) is 0 Å². The van der Waals surface area contributed by atoms with Gasteiger partial charge in [0.25, 0.3) is 0 Å². The van der Waals surface area contributed by atoms with E-state index in [1.165, 1.54) is 12.1 Å². The number of aromatic hydroxyl groups is 1. The van der Waals surface area contributed by atoms with Gasteiger partial charge in [-0.1, -0.05) is 36.4 Å². The third-order valence-electron chi connectivity index (χ3n) is 10.9. The van der Waals surface area contributed by atoms with E-state index in [2.05, 4.69) is 31.9 Å². The Bertz CT molecular complexity index is 2140.